The van der Waals surface area contributed by atoms with E-state index in [0.717, 1.165) is 31.6 Å². The molecule has 6 nitrogen and oxygen atoms in total. The summed E-state index contributed by atoms with van der Waals surface area (Å²) in [5.41, 5.74) is 2.25. The molecule has 1 rings (SSSR count). The van der Waals surface area contributed by atoms with Crippen LogP contribution in [0.15, 0.2) is 47.5 Å². The quantitative estimate of drug-likeness (QED) is 0.175. The summed E-state index contributed by atoms with van der Waals surface area (Å²) in [6.07, 6.45) is 0.970. The first-order valence-electron chi connectivity index (χ1n) is 9.10. The second-order valence-corrected chi connectivity index (χ2v) is 6.46. The van der Waals surface area contributed by atoms with Crippen molar-refractivity contribution >= 4 is 41.5 Å². The number of likely N-dealkylation sites (N-methyl/N-ethyl adjacent to an activating group) is 1. The number of carbonyl (C=O) groups excluding carboxylic acids is 1. The van der Waals surface area contributed by atoms with E-state index in [1.165, 1.54) is 5.69 Å². The first-order valence-corrected chi connectivity index (χ1v) is 9.10. The smallest absolute Gasteiger partial charge is 0.243 e. The molecule has 0 radical (unpaired) electrons. The molecule has 0 bridgehead atoms. The number of halogens is 1. The minimum Gasteiger partial charge on any atom is -0.372 e. The third kappa shape index (κ3) is 10.8. The van der Waals surface area contributed by atoms with Gasteiger partial charge in [0.25, 0.3) is 0 Å². The van der Waals surface area contributed by atoms with Crippen LogP contribution in [-0.2, 0) is 4.79 Å². The lowest BCUT2D eigenvalue weighted by Gasteiger charge is -2.23. The van der Waals surface area contributed by atoms with Crippen molar-refractivity contribution < 1.29 is 4.79 Å². The van der Waals surface area contributed by atoms with Crippen LogP contribution in [0.4, 0.5) is 5.69 Å². The average Bonchev–Trinajstić information content (AvgIpc) is 2.63. The molecule has 0 saturated heterocycles. The number of anilines is 1. The highest BCUT2D eigenvalue weighted by molar-refractivity contribution is 14.0. The summed E-state index contributed by atoms with van der Waals surface area (Å²) >= 11 is 0. The minimum atomic E-state index is -0.0253. The summed E-state index contributed by atoms with van der Waals surface area (Å²) in [5.74, 6) is 0.619. The van der Waals surface area contributed by atoms with Gasteiger partial charge in [0.15, 0.2) is 5.96 Å². The Hall–Kier alpha value is -1.77. The molecule has 0 aliphatic rings. The Morgan fingerprint density at radius 2 is 1.85 bits per heavy atom. The Labute approximate surface area is 181 Å². The predicted molar refractivity (Wildman–Crippen MR) is 126 cm³/mol. The minimum absolute atomic E-state index is 0. The van der Waals surface area contributed by atoms with Crippen molar-refractivity contribution in [3.05, 3.63) is 42.5 Å². The summed E-state index contributed by atoms with van der Waals surface area (Å²) in [6, 6.07) is 10.4. The topological polar surface area (TPSA) is 60.0 Å². The van der Waals surface area contributed by atoms with E-state index in [1.54, 1.807) is 19.0 Å². The van der Waals surface area contributed by atoms with E-state index < -0.39 is 0 Å². The fraction of sp³-hybridized carbons (Fsp3) is 0.500. The SMILES string of the molecule is C=C(C)CNC(=NCC(=O)N(C)C)NCCCN(CC)c1ccccc1.I. The molecule has 0 fully saturated rings. The van der Waals surface area contributed by atoms with E-state index in [4.69, 9.17) is 0 Å². The molecule has 1 aromatic carbocycles. The van der Waals surface area contributed by atoms with Crippen LogP contribution < -0.4 is 15.5 Å². The van der Waals surface area contributed by atoms with Crippen molar-refractivity contribution in [2.45, 2.75) is 20.3 Å². The zero-order valence-corrected chi connectivity index (χ0v) is 19.3. The van der Waals surface area contributed by atoms with Crippen LogP contribution in [-0.4, -0.2) is 63.6 Å². The van der Waals surface area contributed by atoms with Crippen LogP contribution in [0.25, 0.3) is 0 Å². The van der Waals surface area contributed by atoms with Crippen molar-refractivity contribution in [1.82, 2.24) is 15.5 Å². The number of nitrogens with one attached hydrogen (secondary N) is 2. The first kappa shape index (κ1) is 25.2. The molecule has 0 heterocycles. The lowest BCUT2D eigenvalue weighted by atomic mass is 10.2. The van der Waals surface area contributed by atoms with Gasteiger partial charge in [0.1, 0.15) is 6.54 Å². The third-order valence-corrected chi connectivity index (χ3v) is 3.83. The van der Waals surface area contributed by atoms with E-state index in [0.29, 0.717) is 12.5 Å². The number of carbonyl (C=O) groups is 1. The van der Waals surface area contributed by atoms with Crippen LogP contribution >= 0.6 is 24.0 Å². The van der Waals surface area contributed by atoms with Gasteiger partial charge >= 0.3 is 0 Å². The molecule has 0 atom stereocenters. The van der Waals surface area contributed by atoms with Crippen molar-refractivity contribution in [1.29, 1.82) is 0 Å². The molecule has 0 aliphatic heterocycles. The molecule has 7 heteroatoms. The molecular formula is C20H34IN5O. The number of amides is 1. The van der Waals surface area contributed by atoms with Crippen molar-refractivity contribution in [3.63, 3.8) is 0 Å². The van der Waals surface area contributed by atoms with Gasteiger partial charge in [0.2, 0.25) is 5.91 Å². The summed E-state index contributed by atoms with van der Waals surface area (Å²) in [6.45, 7) is 11.5. The molecule has 1 amide bonds. The number of benzene rings is 1. The largest absolute Gasteiger partial charge is 0.372 e. The molecule has 1 aromatic rings. The van der Waals surface area contributed by atoms with Crippen LogP contribution in [0.1, 0.15) is 20.3 Å². The Morgan fingerprint density at radius 1 is 1.19 bits per heavy atom. The van der Waals surface area contributed by atoms with E-state index >= 15 is 0 Å². The number of aliphatic imine (C=N–C) groups is 1. The van der Waals surface area contributed by atoms with E-state index in [-0.39, 0.29) is 36.4 Å². The Bertz CT molecular complexity index is 589. The maximum absolute atomic E-state index is 11.7. The molecule has 152 valence electrons. The fourth-order valence-electron chi connectivity index (χ4n) is 2.28. The lowest BCUT2D eigenvalue weighted by molar-refractivity contribution is -0.127. The number of nitrogens with zero attached hydrogens (tertiary/aromatic N) is 3. The van der Waals surface area contributed by atoms with Gasteiger partial charge in [-0.25, -0.2) is 4.99 Å². The zero-order chi connectivity index (χ0) is 19.4. The van der Waals surface area contributed by atoms with Gasteiger partial charge in [0.05, 0.1) is 0 Å². The second kappa shape index (κ2) is 14.3. The number of hydrogen-bond donors (Lipinski definition) is 2. The molecular weight excluding hydrogens is 453 g/mol. The van der Waals surface area contributed by atoms with Gasteiger partial charge in [-0.05, 0) is 32.4 Å². The average molecular weight is 487 g/mol. The number of hydrogen-bond acceptors (Lipinski definition) is 3. The van der Waals surface area contributed by atoms with Crippen LogP contribution in [0.2, 0.25) is 0 Å². The highest BCUT2D eigenvalue weighted by Gasteiger charge is 2.06. The Balaban J connectivity index is 0.00000676. The first-order chi connectivity index (χ1) is 12.4. The molecule has 2 N–H and O–H groups in total. The summed E-state index contributed by atoms with van der Waals surface area (Å²) in [5, 5.41) is 6.50. The van der Waals surface area contributed by atoms with Crippen LogP contribution in [0.5, 0.6) is 0 Å². The van der Waals surface area contributed by atoms with Crippen molar-refractivity contribution in [2.24, 2.45) is 4.99 Å². The molecule has 0 aromatic heterocycles. The van der Waals surface area contributed by atoms with Gasteiger partial charge in [0, 0.05) is 46.0 Å². The Kier molecular flexibility index (Phi) is 13.4. The molecule has 0 spiro atoms. The summed E-state index contributed by atoms with van der Waals surface area (Å²) in [4.78, 5) is 20.0. The van der Waals surface area contributed by atoms with Crippen molar-refractivity contribution in [3.8, 4) is 0 Å². The maximum atomic E-state index is 11.7. The highest BCUT2D eigenvalue weighted by atomic mass is 127. The monoisotopic (exact) mass is 487 g/mol. The Morgan fingerprint density at radius 3 is 2.41 bits per heavy atom. The number of guanidine groups is 1. The number of rotatable bonds is 10. The second-order valence-electron chi connectivity index (χ2n) is 6.46. The molecule has 0 unspecified atom stereocenters. The molecule has 0 aliphatic carbocycles. The van der Waals surface area contributed by atoms with Gasteiger partial charge in [-0.15, -0.1) is 24.0 Å². The number of para-hydroxylation sites is 1. The molecule has 27 heavy (non-hydrogen) atoms. The third-order valence-electron chi connectivity index (χ3n) is 3.83. The van der Waals surface area contributed by atoms with Crippen LogP contribution in [0.3, 0.4) is 0 Å². The summed E-state index contributed by atoms with van der Waals surface area (Å²) in [7, 11) is 3.46. The van der Waals surface area contributed by atoms with Crippen molar-refractivity contribution in [2.75, 3.05) is 51.7 Å². The predicted octanol–water partition coefficient (Wildman–Crippen LogP) is 2.72. The van der Waals surface area contributed by atoms with Gasteiger partial charge < -0.3 is 20.4 Å². The molecule has 0 saturated carbocycles. The lowest BCUT2D eigenvalue weighted by Crippen LogP contribution is -2.40. The van der Waals surface area contributed by atoms with Gasteiger partial charge in [-0.1, -0.05) is 30.4 Å². The van der Waals surface area contributed by atoms with Crippen LogP contribution in [0, 0.1) is 0 Å². The normalized spacial score (nSPS) is 10.6. The van der Waals surface area contributed by atoms with Gasteiger partial charge in [-0.2, -0.15) is 0 Å². The zero-order valence-electron chi connectivity index (χ0n) is 17.0. The van der Waals surface area contributed by atoms with E-state index in [2.05, 4.69) is 58.3 Å². The fourth-order valence-corrected chi connectivity index (χ4v) is 2.28. The standard InChI is InChI=1S/C20H33N5O.HI/c1-6-25(18-11-8-7-9-12-18)14-10-13-21-20(22-15-17(2)3)23-16-19(26)24(4)5;/h7-9,11-12H,2,6,10,13-16H2,1,3-5H3,(H2,21,22,23);1H. The van der Waals surface area contributed by atoms with Gasteiger partial charge in [-0.3, -0.25) is 4.79 Å². The van der Waals surface area contributed by atoms with E-state index in [9.17, 15) is 4.79 Å². The highest BCUT2D eigenvalue weighted by Crippen LogP contribution is 2.12. The summed E-state index contributed by atoms with van der Waals surface area (Å²) < 4.78 is 0. The van der Waals surface area contributed by atoms with E-state index in [1.807, 2.05) is 13.0 Å². The maximum Gasteiger partial charge on any atom is 0.243 e.